The average molecular weight is 443 g/mol. The van der Waals surface area contributed by atoms with Crippen LogP contribution in [0, 0.1) is 0 Å². The van der Waals surface area contributed by atoms with E-state index in [0.717, 1.165) is 36.3 Å². The predicted molar refractivity (Wildman–Crippen MR) is 118 cm³/mol. The molecule has 1 amide bonds. The van der Waals surface area contributed by atoms with Gasteiger partial charge in [0.15, 0.2) is 0 Å². The van der Waals surface area contributed by atoms with Crippen LogP contribution in [0.25, 0.3) is 0 Å². The van der Waals surface area contributed by atoms with Gasteiger partial charge in [-0.3, -0.25) is 14.4 Å². The molecule has 3 aromatic rings. The molecule has 0 saturated heterocycles. The summed E-state index contributed by atoms with van der Waals surface area (Å²) in [4.78, 5) is 12.7. The molecule has 1 aromatic heterocycles. The first-order valence-electron chi connectivity index (χ1n) is 9.83. The van der Waals surface area contributed by atoms with Crippen LogP contribution in [-0.4, -0.2) is 31.1 Å². The van der Waals surface area contributed by atoms with Gasteiger partial charge >= 0.3 is 0 Å². The third-order valence-electron chi connectivity index (χ3n) is 4.90. The first kappa shape index (κ1) is 20.5. The number of nitrogens with zero attached hydrogens (tertiary/aromatic N) is 3. The Morgan fingerprint density at radius 2 is 2.00 bits per heavy atom. The number of carbonyl (C=O) groups excluding carboxylic acids is 1. The average Bonchev–Trinajstić information content (AvgIpc) is 3.20. The van der Waals surface area contributed by atoms with Crippen LogP contribution in [-0.2, 0) is 22.9 Å². The highest BCUT2D eigenvalue weighted by Gasteiger charge is 2.29. The molecular formula is C21H22N4O3S2. The maximum atomic E-state index is 13.3. The summed E-state index contributed by atoms with van der Waals surface area (Å²) in [5.74, 6) is -0.412. The van der Waals surface area contributed by atoms with E-state index in [1.807, 2.05) is 31.2 Å². The van der Waals surface area contributed by atoms with Gasteiger partial charge in [0.2, 0.25) is 5.13 Å². The van der Waals surface area contributed by atoms with Crippen LogP contribution in [0.4, 0.5) is 10.8 Å². The van der Waals surface area contributed by atoms with Crippen molar-refractivity contribution in [2.24, 2.45) is 0 Å². The zero-order valence-electron chi connectivity index (χ0n) is 16.5. The number of rotatable bonds is 6. The smallest absolute Gasteiger partial charge is 0.264 e. The van der Waals surface area contributed by atoms with E-state index in [1.54, 1.807) is 12.1 Å². The molecule has 30 heavy (non-hydrogen) atoms. The fourth-order valence-corrected chi connectivity index (χ4v) is 5.89. The van der Waals surface area contributed by atoms with Crippen LogP contribution < -0.4 is 9.62 Å². The van der Waals surface area contributed by atoms with E-state index in [0.29, 0.717) is 17.4 Å². The molecule has 156 valence electrons. The summed E-state index contributed by atoms with van der Waals surface area (Å²) >= 11 is 1.32. The van der Waals surface area contributed by atoms with Gasteiger partial charge in [-0.25, -0.2) is 8.42 Å². The molecule has 0 radical (unpaired) electrons. The van der Waals surface area contributed by atoms with Gasteiger partial charge in [-0.1, -0.05) is 42.5 Å². The molecule has 1 aliphatic heterocycles. The normalized spacial score (nSPS) is 13.7. The molecule has 7 nitrogen and oxygen atoms in total. The molecule has 0 bridgehead atoms. The Hall–Kier alpha value is -2.78. The van der Waals surface area contributed by atoms with Crippen LogP contribution in [0.1, 0.15) is 40.7 Å². The summed E-state index contributed by atoms with van der Waals surface area (Å²) in [6.45, 7) is 2.47. The number of anilines is 2. The third kappa shape index (κ3) is 4.08. The number of hydrogen-bond donors (Lipinski definition) is 1. The van der Waals surface area contributed by atoms with Gasteiger partial charge in [-0.15, -0.1) is 10.2 Å². The number of aryl methyl sites for hydroxylation is 2. The second-order valence-corrected chi connectivity index (χ2v) is 9.97. The highest BCUT2D eigenvalue weighted by Crippen LogP contribution is 2.32. The van der Waals surface area contributed by atoms with Gasteiger partial charge in [-0.05, 0) is 49.1 Å². The van der Waals surface area contributed by atoms with E-state index in [-0.39, 0.29) is 10.5 Å². The maximum Gasteiger partial charge on any atom is 0.264 e. The van der Waals surface area contributed by atoms with E-state index in [9.17, 15) is 13.2 Å². The summed E-state index contributed by atoms with van der Waals surface area (Å²) in [6.07, 6.45) is 3.36. The predicted octanol–water partition coefficient (Wildman–Crippen LogP) is 3.88. The lowest BCUT2D eigenvalue weighted by Crippen LogP contribution is -2.35. The van der Waals surface area contributed by atoms with Crippen molar-refractivity contribution in [3.8, 4) is 0 Å². The second kappa shape index (κ2) is 8.53. The van der Waals surface area contributed by atoms with E-state index in [1.165, 1.54) is 27.8 Å². The zero-order chi connectivity index (χ0) is 21.1. The van der Waals surface area contributed by atoms with Gasteiger partial charge < -0.3 is 0 Å². The molecule has 1 N–H and O–H groups in total. The Morgan fingerprint density at radius 1 is 1.17 bits per heavy atom. The van der Waals surface area contributed by atoms with Crippen LogP contribution in [0.15, 0.2) is 53.4 Å². The summed E-state index contributed by atoms with van der Waals surface area (Å²) < 4.78 is 28.1. The van der Waals surface area contributed by atoms with Crippen molar-refractivity contribution in [3.63, 3.8) is 0 Å². The van der Waals surface area contributed by atoms with Crippen LogP contribution >= 0.6 is 11.3 Å². The summed E-state index contributed by atoms with van der Waals surface area (Å²) in [5.41, 5.74) is 1.98. The first-order chi connectivity index (χ1) is 14.5. The van der Waals surface area contributed by atoms with E-state index in [4.69, 9.17) is 0 Å². The molecule has 0 saturated carbocycles. The van der Waals surface area contributed by atoms with Crippen LogP contribution in [0.2, 0.25) is 0 Å². The molecule has 9 heteroatoms. The molecular weight excluding hydrogens is 420 g/mol. The Kier molecular flexibility index (Phi) is 5.83. The first-order valence-corrected chi connectivity index (χ1v) is 12.1. The third-order valence-corrected chi connectivity index (χ3v) is 7.61. The lowest BCUT2D eigenvalue weighted by atomic mass is 10.0. The largest absolute Gasteiger partial charge is 0.296 e. The molecule has 4 rings (SSSR count). The number of carbonyl (C=O) groups is 1. The number of aromatic nitrogens is 2. The van der Waals surface area contributed by atoms with E-state index in [2.05, 4.69) is 15.5 Å². The van der Waals surface area contributed by atoms with Crippen molar-refractivity contribution in [1.82, 2.24) is 10.2 Å². The summed E-state index contributed by atoms with van der Waals surface area (Å²) in [6, 6.07) is 13.6. The lowest BCUT2D eigenvalue weighted by molar-refractivity contribution is 0.102. The van der Waals surface area contributed by atoms with Crippen molar-refractivity contribution in [2.75, 3.05) is 16.2 Å². The zero-order valence-corrected chi connectivity index (χ0v) is 18.2. The standard InChI is InChI=1S/C21H22N4O3S2/c1-2-7-19-23-24-21(29-19)22-20(26)16-9-5-11-17(14-16)30(27,28)25-13-6-10-15-8-3-4-12-18(15)25/h3-5,8-9,11-12,14H,2,6-7,10,13H2,1H3,(H,22,24,26). The number of nitrogens with one attached hydrogen (secondary N) is 1. The Labute approximate surface area is 179 Å². The highest BCUT2D eigenvalue weighted by atomic mass is 32.2. The second-order valence-electron chi connectivity index (χ2n) is 7.04. The molecule has 0 unspecified atom stereocenters. The van der Waals surface area contributed by atoms with Gasteiger partial charge in [0.25, 0.3) is 15.9 Å². The maximum absolute atomic E-state index is 13.3. The number of benzene rings is 2. The molecule has 0 spiro atoms. The van der Waals surface area contributed by atoms with Crippen molar-refractivity contribution < 1.29 is 13.2 Å². The van der Waals surface area contributed by atoms with Gasteiger partial charge in [-0.2, -0.15) is 0 Å². The van der Waals surface area contributed by atoms with Gasteiger partial charge in [0.05, 0.1) is 10.6 Å². The Balaban J connectivity index is 1.59. The SMILES string of the molecule is CCCc1nnc(NC(=O)c2cccc(S(=O)(=O)N3CCCc4ccccc43)c2)s1. The number of fused-ring (bicyclic) bond motifs is 1. The van der Waals surface area contributed by atoms with Crippen LogP contribution in [0.5, 0.6) is 0 Å². The molecule has 2 heterocycles. The molecule has 2 aromatic carbocycles. The highest BCUT2D eigenvalue weighted by molar-refractivity contribution is 7.92. The van der Waals surface area contributed by atoms with Crippen molar-refractivity contribution in [2.45, 2.75) is 37.5 Å². The van der Waals surface area contributed by atoms with Crippen LogP contribution in [0.3, 0.4) is 0 Å². The van der Waals surface area contributed by atoms with Crippen molar-refractivity contribution in [3.05, 3.63) is 64.7 Å². The topological polar surface area (TPSA) is 92.3 Å². The summed E-state index contributed by atoms with van der Waals surface area (Å²) in [7, 11) is -3.78. The van der Waals surface area contributed by atoms with Gasteiger partial charge in [0, 0.05) is 18.5 Å². The van der Waals surface area contributed by atoms with Crippen molar-refractivity contribution >= 4 is 38.1 Å². The van der Waals surface area contributed by atoms with E-state index < -0.39 is 15.9 Å². The number of amides is 1. The fraction of sp³-hybridized carbons (Fsp3) is 0.286. The summed E-state index contributed by atoms with van der Waals surface area (Å²) in [5, 5.41) is 12.0. The number of hydrogen-bond acceptors (Lipinski definition) is 6. The Bertz CT molecular complexity index is 1170. The molecule has 0 atom stereocenters. The minimum atomic E-state index is -3.78. The number of sulfonamides is 1. The minimum absolute atomic E-state index is 0.0933. The van der Waals surface area contributed by atoms with E-state index >= 15 is 0 Å². The molecule has 0 fully saturated rings. The van der Waals surface area contributed by atoms with Gasteiger partial charge in [0.1, 0.15) is 5.01 Å². The number of para-hydroxylation sites is 1. The monoisotopic (exact) mass is 442 g/mol. The quantitative estimate of drug-likeness (QED) is 0.625. The minimum Gasteiger partial charge on any atom is -0.296 e. The Morgan fingerprint density at radius 3 is 2.83 bits per heavy atom. The lowest BCUT2D eigenvalue weighted by Gasteiger charge is -2.30. The van der Waals surface area contributed by atoms with Crippen molar-refractivity contribution in [1.29, 1.82) is 0 Å². The molecule has 1 aliphatic rings. The molecule has 0 aliphatic carbocycles. The fourth-order valence-electron chi connectivity index (χ4n) is 3.46.